The van der Waals surface area contributed by atoms with Crippen molar-refractivity contribution in [1.29, 1.82) is 0 Å². The number of amides is 1. The number of carbonyl (C=O) groups excluding carboxylic acids is 1. The van der Waals surface area contributed by atoms with Gasteiger partial charge in [0.25, 0.3) is 5.91 Å². The van der Waals surface area contributed by atoms with Gasteiger partial charge < -0.3 is 0 Å². The minimum atomic E-state index is -4.87. The number of benzene rings is 2. The second kappa shape index (κ2) is 8.54. The molecule has 1 amide bonds. The Morgan fingerprint density at radius 3 is 2.17 bits per heavy atom. The van der Waals surface area contributed by atoms with Crippen molar-refractivity contribution in [3.05, 3.63) is 70.8 Å². The molecule has 0 aromatic heterocycles. The Bertz CT molecular complexity index is 1070. The number of halogens is 4. The molecular weight excluding hydrogens is 428 g/mol. The fourth-order valence-corrected chi connectivity index (χ4v) is 4.60. The van der Waals surface area contributed by atoms with E-state index in [1.807, 2.05) is 0 Å². The summed E-state index contributed by atoms with van der Waals surface area (Å²) >= 11 is 0. The van der Waals surface area contributed by atoms with E-state index >= 15 is 0 Å². The zero-order chi connectivity index (χ0) is 22.1. The highest BCUT2D eigenvalue weighted by Gasteiger charge is 2.42. The molecule has 6 nitrogen and oxygen atoms in total. The lowest BCUT2D eigenvalue weighted by molar-refractivity contribution is -0.124. The summed E-state index contributed by atoms with van der Waals surface area (Å²) in [5.74, 6) is -8.28. The van der Waals surface area contributed by atoms with Crippen LogP contribution in [0.5, 0.6) is 0 Å². The monoisotopic (exact) mass is 444 g/mol. The molecule has 0 bridgehead atoms. The maximum Gasteiger partial charge on any atom is 0.267 e. The van der Waals surface area contributed by atoms with Crippen molar-refractivity contribution in [3.63, 3.8) is 0 Å². The summed E-state index contributed by atoms with van der Waals surface area (Å²) < 4.78 is 81.9. The molecule has 11 heteroatoms. The lowest BCUT2D eigenvalue weighted by atomic mass is 10.1. The maximum atomic E-state index is 14.1. The Balaban J connectivity index is 1.91. The Morgan fingerprint density at radius 1 is 1.10 bits per heavy atom. The standard InChI is InChI=1S/C19H16F4N2O4S/c20-14-9-15(21)18(23)19(17(14)22)30(28,29)25(13-6-7-13)10-12-3-1-11(2-4-12)5-8-16(26)24-27/h1-5,8-9,13,27H,6-7,10H2,(H,24,26)/b8-5+. The second-order valence-corrected chi connectivity index (χ2v) is 8.46. The van der Waals surface area contributed by atoms with Crippen LogP contribution in [0, 0.1) is 23.3 Å². The molecule has 0 atom stereocenters. The van der Waals surface area contributed by atoms with Crippen molar-refractivity contribution in [2.45, 2.75) is 30.3 Å². The molecule has 1 aliphatic rings. The zero-order valence-electron chi connectivity index (χ0n) is 15.3. The summed E-state index contributed by atoms with van der Waals surface area (Å²) in [6.07, 6.45) is 3.35. The van der Waals surface area contributed by atoms with E-state index in [2.05, 4.69) is 0 Å². The molecule has 0 saturated heterocycles. The van der Waals surface area contributed by atoms with Gasteiger partial charge in [0.05, 0.1) is 0 Å². The van der Waals surface area contributed by atoms with Crippen LogP contribution >= 0.6 is 0 Å². The average Bonchev–Trinajstić information content (AvgIpc) is 3.54. The first-order valence-corrected chi connectivity index (χ1v) is 10.1. The number of hydroxylamine groups is 1. The summed E-state index contributed by atoms with van der Waals surface area (Å²) in [5.41, 5.74) is 2.44. The van der Waals surface area contributed by atoms with E-state index in [0.717, 1.165) is 10.4 Å². The van der Waals surface area contributed by atoms with E-state index in [1.54, 1.807) is 12.1 Å². The molecule has 30 heavy (non-hydrogen) atoms. The SMILES string of the molecule is O=C(/C=C/c1ccc(CN(C2CC2)S(=O)(=O)c2c(F)c(F)cc(F)c2F)cc1)NO. The second-order valence-electron chi connectivity index (χ2n) is 6.63. The molecular formula is C19H16F4N2O4S. The van der Waals surface area contributed by atoms with Crippen LogP contribution in [0.4, 0.5) is 17.6 Å². The van der Waals surface area contributed by atoms with Crippen molar-refractivity contribution >= 4 is 22.0 Å². The Hall–Kier alpha value is -2.76. The highest BCUT2D eigenvalue weighted by Crippen LogP contribution is 2.36. The molecule has 2 N–H and O–H groups in total. The largest absolute Gasteiger partial charge is 0.288 e. The van der Waals surface area contributed by atoms with Crippen LogP contribution in [0.15, 0.2) is 41.3 Å². The molecule has 1 saturated carbocycles. The van der Waals surface area contributed by atoms with Crippen LogP contribution in [0.2, 0.25) is 0 Å². The third-order valence-electron chi connectivity index (χ3n) is 4.45. The summed E-state index contributed by atoms with van der Waals surface area (Å²) in [6.45, 7) is -0.273. The average molecular weight is 444 g/mol. The molecule has 160 valence electrons. The molecule has 0 heterocycles. The van der Waals surface area contributed by atoms with E-state index in [-0.39, 0.29) is 12.6 Å². The van der Waals surface area contributed by atoms with Crippen LogP contribution in [-0.4, -0.2) is 29.9 Å². The third-order valence-corrected chi connectivity index (χ3v) is 6.37. The predicted molar refractivity (Wildman–Crippen MR) is 97.4 cm³/mol. The zero-order valence-corrected chi connectivity index (χ0v) is 16.1. The summed E-state index contributed by atoms with van der Waals surface area (Å²) in [6, 6.07) is 5.57. The summed E-state index contributed by atoms with van der Waals surface area (Å²) in [4.78, 5) is 9.34. The first-order valence-electron chi connectivity index (χ1n) is 8.71. The van der Waals surface area contributed by atoms with Gasteiger partial charge >= 0.3 is 0 Å². The predicted octanol–water partition coefficient (Wildman–Crippen LogP) is 3.11. The van der Waals surface area contributed by atoms with Crippen molar-refractivity contribution < 1.29 is 36.0 Å². The normalized spacial score (nSPS) is 14.5. The molecule has 2 aromatic carbocycles. The number of rotatable bonds is 7. The van der Waals surface area contributed by atoms with Crippen LogP contribution in [0.1, 0.15) is 24.0 Å². The Labute approximate surface area is 169 Å². The van der Waals surface area contributed by atoms with Gasteiger partial charge in [-0.3, -0.25) is 10.0 Å². The first-order chi connectivity index (χ1) is 14.1. The lowest BCUT2D eigenvalue weighted by Gasteiger charge is -2.23. The fourth-order valence-electron chi connectivity index (χ4n) is 2.79. The van der Waals surface area contributed by atoms with Gasteiger partial charge in [0.1, 0.15) is 0 Å². The Kier molecular flexibility index (Phi) is 6.25. The number of hydrogen-bond donors (Lipinski definition) is 2. The van der Waals surface area contributed by atoms with E-state index in [4.69, 9.17) is 5.21 Å². The molecule has 0 radical (unpaired) electrons. The highest BCUT2D eigenvalue weighted by atomic mass is 32.2. The molecule has 1 fully saturated rings. The number of carbonyl (C=O) groups is 1. The summed E-state index contributed by atoms with van der Waals surface area (Å²) in [7, 11) is -4.87. The number of nitrogens with one attached hydrogen (secondary N) is 1. The van der Waals surface area contributed by atoms with Crippen LogP contribution < -0.4 is 5.48 Å². The fraction of sp³-hybridized carbons (Fsp3) is 0.211. The third kappa shape index (κ3) is 4.53. The smallest absolute Gasteiger partial charge is 0.267 e. The molecule has 0 aliphatic heterocycles. The van der Waals surface area contributed by atoms with Crippen molar-refractivity contribution in [2.75, 3.05) is 0 Å². The topological polar surface area (TPSA) is 86.7 Å². The minimum absolute atomic E-state index is 0.0472. The van der Waals surface area contributed by atoms with Gasteiger partial charge in [0, 0.05) is 24.7 Å². The van der Waals surface area contributed by atoms with E-state index in [1.165, 1.54) is 23.7 Å². The van der Waals surface area contributed by atoms with Gasteiger partial charge in [-0.25, -0.2) is 31.5 Å². The van der Waals surface area contributed by atoms with Gasteiger partial charge in [-0.2, -0.15) is 4.31 Å². The lowest BCUT2D eigenvalue weighted by Crippen LogP contribution is -2.34. The Morgan fingerprint density at radius 2 is 1.67 bits per heavy atom. The highest BCUT2D eigenvalue weighted by molar-refractivity contribution is 7.89. The molecule has 2 aromatic rings. The minimum Gasteiger partial charge on any atom is -0.288 e. The first kappa shape index (κ1) is 21.9. The molecule has 0 spiro atoms. The van der Waals surface area contributed by atoms with Crippen molar-refractivity contribution in [1.82, 2.24) is 9.79 Å². The van der Waals surface area contributed by atoms with E-state index < -0.39 is 50.1 Å². The number of hydrogen-bond acceptors (Lipinski definition) is 4. The van der Waals surface area contributed by atoms with Crippen molar-refractivity contribution in [3.8, 4) is 0 Å². The van der Waals surface area contributed by atoms with E-state index in [9.17, 15) is 30.8 Å². The maximum absolute atomic E-state index is 14.1. The van der Waals surface area contributed by atoms with Crippen LogP contribution in [0.3, 0.4) is 0 Å². The van der Waals surface area contributed by atoms with Gasteiger partial charge in [0.15, 0.2) is 28.2 Å². The van der Waals surface area contributed by atoms with Gasteiger partial charge in [0.2, 0.25) is 10.0 Å². The van der Waals surface area contributed by atoms with Crippen LogP contribution in [0.25, 0.3) is 6.08 Å². The quantitative estimate of drug-likeness (QED) is 0.226. The van der Waals surface area contributed by atoms with Gasteiger partial charge in [-0.15, -0.1) is 0 Å². The molecule has 3 rings (SSSR count). The molecule has 1 aliphatic carbocycles. The van der Waals surface area contributed by atoms with Gasteiger partial charge in [-0.1, -0.05) is 24.3 Å². The van der Waals surface area contributed by atoms with Crippen LogP contribution in [-0.2, 0) is 21.4 Å². The van der Waals surface area contributed by atoms with E-state index in [0.29, 0.717) is 24.0 Å². The number of sulfonamides is 1. The van der Waals surface area contributed by atoms with Crippen molar-refractivity contribution in [2.24, 2.45) is 0 Å². The van der Waals surface area contributed by atoms with Gasteiger partial charge in [-0.05, 0) is 30.0 Å². The summed E-state index contributed by atoms with van der Waals surface area (Å²) in [5, 5.41) is 8.44. The molecule has 0 unspecified atom stereocenters. The number of nitrogens with zero attached hydrogens (tertiary/aromatic N) is 1.